The van der Waals surface area contributed by atoms with Crippen LogP contribution < -0.4 is 4.90 Å². The Kier molecular flexibility index (Phi) is 4.97. The highest BCUT2D eigenvalue weighted by Crippen LogP contribution is 2.30. The first-order valence-corrected chi connectivity index (χ1v) is 8.41. The molecule has 1 fully saturated rings. The maximum atomic E-state index is 12.8. The Morgan fingerprint density at radius 1 is 1.48 bits per heavy atom. The molecule has 0 N–H and O–H groups in total. The number of hydrogen-bond donors (Lipinski definition) is 0. The standard InChI is InChI=1S/C14H20N6O2S/c1-18-7-5-12(17-18)20-6-3-4-11(13(20)21)23-14-16-15-10-19(14)8-9-22-2/h5,7,10-11H,3-4,6,8-9H2,1-2H3/t11-/m0/s1. The molecular formula is C14H20N6O2S. The van der Waals surface area contributed by atoms with Crippen LogP contribution in [0.4, 0.5) is 5.82 Å². The second-order valence-corrected chi connectivity index (χ2v) is 6.56. The van der Waals surface area contributed by atoms with Crippen LogP contribution in [0.3, 0.4) is 0 Å². The minimum Gasteiger partial charge on any atom is -0.383 e. The second kappa shape index (κ2) is 7.14. The lowest BCUT2D eigenvalue weighted by atomic mass is 10.1. The third-order valence-electron chi connectivity index (χ3n) is 3.73. The van der Waals surface area contributed by atoms with E-state index in [0.29, 0.717) is 25.5 Å². The van der Waals surface area contributed by atoms with Gasteiger partial charge in [-0.2, -0.15) is 5.10 Å². The number of aromatic nitrogens is 5. The quantitative estimate of drug-likeness (QED) is 0.781. The van der Waals surface area contributed by atoms with Crippen LogP contribution in [0.25, 0.3) is 0 Å². The smallest absolute Gasteiger partial charge is 0.241 e. The number of rotatable bonds is 6. The number of piperidine rings is 1. The van der Waals surface area contributed by atoms with Crippen LogP contribution in [0.1, 0.15) is 12.8 Å². The molecule has 2 aromatic rings. The fourth-order valence-electron chi connectivity index (χ4n) is 2.53. The number of ether oxygens (including phenoxy) is 1. The van der Waals surface area contributed by atoms with Crippen molar-refractivity contribution in [2.45, 2.75) is 29.8 Å². The van der Waals surface area contributed by atoms with E-state index in [9.17, 15) is 4.79 Å². The zero-order valence-electron chi connectivity index (χ0n) is 13.3. The molecule has 0 saturated carbocycles. The fourth-order valence-corrected chi connectivity index (χ4v) is 3.67. The molecule has 1 atom stereocenters. The summed E-state index contributed by atoms with van der Waals surface area (Å²) in [5.41, 5.74) is 0. The van der Waals surface area contributed by atoms with E-state index in [0.717, 1.165) is 18.0 Å². The van der Waals surface area contributed by atoms with E-state index in [1.165, 1.54) is 11.8 Å². The average Bonchev–Trinajstić information content (AvgIpc) is 3.16. The van der Waals surface area contributed by atoms with E-state index >= 15 is 0 Å². The Balaban J connectivity index is 1.70. The molecule has 0 aromatic carbocycles. The first-order chi connectivity index (χ1) is 11.2. The Bertz CT molecular complexity index is 670. The van der Waals surface area contributed by atoms with E-state index in [1.54, 1.807) is 23.0 Å². The summed E-state index contributed by atoms with van der Waals surface area (Å²) < 4.78 is 8.71. The van der Waals surface area contributed by atoms with Crippen LogP contribution in [-0.4, -0.2) is 56.0 Å². The van der Waals surface area contributed by atoms with Gasteiger partial charge in [-0.3, -0.25) is 14.4 Å². The van der Waals surface area contributed by atoms with Crippen LogP contribution in [0.5, 0.6) is 0 Å². The number of thioether (sulfide) groups is 1. The number of carbonyl (C=O) groups excluding carboxylic acids is 1. The molecule has 2 aromatic heterocycles. The normalized spacial score (nSPS) is 18.6. The number of aryl methyl sites for hydroxylation is 1. The number of amides is 1. The molecule has 0 spiro atoms. The number of methoxy groups -OCH3 is 1. The SMILES string of the molecule is COCCn1cnnc1S[C@H]1CCCN(c2ccn(C)n2)C1=O. The van der Waals surface area contributed by atoms with Crippen molar-refractivity contribution in [1.82, 2.24) is 24.5 Å². The molecule has 8 nitrogen and oxygen atoms in total. The van der Waals surface area contributed by atoms with Gasteiger partial charge in [0.1, 0.15) is 6.33 Å². The molecule has 1 aliphatic rings. The molecule has 1 amide bonds. The first-order valence-electron chi connectivity index (χ1n) is 7.53. The second-order valence-electron chi connectivity index (χ2n) is 5.39. The maximum Gasteiger partial charge on any atom is 0.241 e. The van der Waals surface area contributed by atoms with E-state index in [1.807, 2.05) is 23.9 Å². The molecule has 0 bridgehead atoms. The van der Waals surface area contributed by atoms with Crippen molar-refractivity contribution in [2.24, 2.45) is 7.05 Å². The van der Waals surface area contributed by atoms with E-state index < -0.39 is 0 Å². The number of hydrogen-bond acceptors (Lipinski definition) is 6. The molecule has 1 saturated heterocycles. The topological polar surface area (TPSA) is 78.1 Å². The molecule has 9 heteroatoms. The van der Waals surface area contributed by atoms with Crippen molar-refractivity contribution >= 4 is 23.5 Å². The van der Waals surface area contributed by atoms with Crippen LogP contribution in [0.15, 0.2) is 23.7 Å². The van der Waals surface area contributed by atoms with Gasteiger partial charge in [0.15, 0.2) is 11.0 Å². The van der Waals surface area contributed by atoms with Crippen molar-refractivity contribution in [1.29, 1.82) is 0 Å². The molecule has 3 rings (SSSR count). The van der Waals surface area contributed by atoms with E-state index in [-0.39, 0.29) is 11.2 Å². The number of anilines is 1. The van der Waals surface area contributed by atoms with Gasteiger partial charge in [-0.1, -0.05) is 11.8 Å². The number of carbonyl (C=O) groups is 1. The molecular weight excluding hydrogens is 316 g/mol. The third-order valence-corrected chi connectivity index (χ3v) is 4.98. The molecule has 0 aliphatic carbocycles. The van der Waals surface area contributed by atoms with Gasteiger partial charge in [0.25, 0.3) is 0 Å². The van der Waals surface area contributed by atoms with Gasteiger partial charge < -0.3 is 9.30 Å². The summed E-state index contributed by atoms with van der Waals surface area (Å²) in [6.07, 6.45) is 5.31. The zero-order chi connectivity index (χ0) is 16.2. The van der Waals surface area contributed by atoms with Crippen molar-refractivity contribution in [3.05, 3.63) is 18.6 Å². The molecule has 124 valence electrons. The van der Waals surface area contributed by atoms with E-state index in [2.05, 4.69) is 15.3 Å². The van der Waals surface area contributed by atoms with Crippen molar-refractivity contribution < 1.29 is 9.53 Å². The van der Waals surface area contributed by atoms with Gasteiger partial charge in [0.05, 0.1) is 11.9 Å². The lowest BCUT2D eigenvalue weighted by molar-refractivity contribution is -0.119. The largest absolute Gasteiger partial charge is 0.383 e. The zero-order valence-corrected chi connectivity index (χ0v) is 14.1. The molecule has 0 radical (unpaired) electrons. The van der Waals surface area contributed by atoms with Crippen molar-refractivity contribution in [3.8, 4) is 0 Å². The van der Waals surface area contributed by atoms with E-state index in [4.69, 9.17) is 4.74 Å². The summed E-state index contributed by atoms with van der Waals surface area (Å²) >= 11 is 1.47. The van der Waals surface area contributed by atoms with Crippen LogP contribution in [0, 0.1) is 0 Å². The maximum absolute atomic E-state index is 12.8. The Morgan fingerprint density at radius 2 is 2.35 bits per heavy atom. The van der Waals surface area contributed by atoms with Gasteiger partial charge >= 0.3 is 0 Å². The fraction of sp³-hybridized carbons (Fsp3) is 0.571. The summed E-state index contributed by atoms with van der Waals surface area (Å²) in [6, 6.07) is 1.87. The van der Waals surface area contributed by atoms with Gasteiger partial charge in [-0.25, -0.2) is 0 Å². The summed E-state index contributed by atoms with van der Waals surface area (Å²) in [6.45, 7) is 1.98. The lowest BCUT2D eigenvalue weighted by Gasteiger charge is -2.30. The van der Waals surface area contributed by atoms with Gasteiger partial charge in [-0.05, 0) is 12.8 Å². The molecule has 3 heterocycles. The predicted molar refractivity (Wildman–Crippen MR) is 86.3 cm³/mol. The summed E-state index contributed by atoms with van der Waals surface area (Å²) in [5, 5.41) is 13.0. The highest BCUT2D eigenvalue weighted by molar-refractivity contribution is 8.00. The van der Waals surface area contributed by atoms with Crippen LogP contribution >= 0.6 is 11.8 Å². The Hall–Kier alpha value is -1.87. The summed E-state index contributed by atoms with van der Waals surface area (Å²) in [7, 11) is 3.51. The Labute approximate surface area is 138 Å². The van der Waals surface area contributed by atoms with Crippen molar-refractivity contribution in [3.63, 3.8) is 0 Å². The molecule has 0 unspecified atom stereocenters. The highest BCUT2D eigenvalue weighted by atomic mass is 32.2. The molecule has 23 heavy (non-hydrogen) atoms. The van der Waals surface area contributed by atoms with Crippen LogP contribution in [0.2, 0.25) is 0 Å². The summed E-state index contributed by atoms with van der Waals surface area (Å²) in [5.74, 6) is 0.796. The van der Waals surface area contributed by atoms with Crippen molar-refractivity contribution in [2.75, 3.05) is 25.2 Å². The lowest BCUT2D eigenvalue weighted by Crippen LogP contribution is -2.43. The summed E-state index contributed by atoms with van der Waals surface area (Å²) in [4.78, 5) is 14.5. The van der Waals surface area contributed by atoms with Gasteiger partial charge in [-0.15, -0.1) is 10.2 Å². The average molecular weight is 336 g/mol. The van der Waals surface area contributed by atoms with Gasteiger partial charge in [0, 0.05) is 39.5 Å². The minimum atomic E-state index is -0.156. The molecule has 1 aliphatic heterocycles. The first kappa shape index (κ1) is 16.0. The monoisotopic (exact) mass is 336 g/mol. The Morgan fingerprint density at radius 3 is 3.09 bits per heavy atom. The predicted octanol–water partition coefficient (Wildman–Crippen LogP) is 0.946. The number of nitrogens with zero attached hydrogens (tertiary/aromatic N) is 6. The van der Waals surface area contributed by atoms with Gasteiger partial charge in [0.2, 0.25) is 5.91 Å². The van der Waals surface area contributed by atoms with Crippen LogP contribution in [-0.2, 0) is 23.1 Å². The highest BCUT2D eigenvalue weighted by Gasteiger charge is 2.32. The minimum absolute atomic E-state index is 0.0845. The third kappa shape index (κ3) is 3.56.